The van der Waals surface area contributed by atoms with Crippen molar-refractivity contribution in [3.63, 3.8) is 0 Å². The van der Waals surface area contributed by atoms with Gasteiger partial charge in [0.05, 0.1) is 5.92 Å². The normalized spacial score (nSPS) is 16.8. The Morgan fingerprint density at radius 2 is 2.25 bits per heavy atom. The summed E-state index contributed by atoms with van der Waals surface area (Å²) in [7, 11) is 0. The van der Waals surface area contributed by atoms with Crippen molar-refractivity contribution in [1.82, 2.24) is 19.7 Å². The minimum Gasteiger partial charge on any atom is -0.310 e. The zero-order valence-corrected chi connectivity index (χ0v) is 13.2. The van der Waals surface area contributed by atoms with Crippen LogP contribution in [0.4, 0.5) is 5.82 Å². The number of anilines is 1. The van der Waals surface area contributed by atoms with Crippen molar-refractivity contribution in [2.75, 3.05) is 5.32 Å². The van der Waals surface area contributed by atoms with Crippen LogP contribution in [0.2, 0.25) is 0 Å². The first kappa shape index (κ1) is 14.6. The lowest BCUT2D eigenvalue weighted by molar-refractivity contribution is -0.120. The summed E-state index contributed by atoms with van der Waals surface area (Å²) in [6.07, 6.45) is 2.96. The number of hydrogen-bond donors (Lipinski definition) is 2. The second-order valence-corrected chi connectivity index (χ2v) is 6.16. The van der Waals surface area contributed by atoms with Crippen molar-refractivity contribution in [2.45, 2.75) is 26.3 Å². The van der Waals surface area contributed by atoms with Crippen LogP contribution in [0.25, 0.3) is 10.8 Å². The molecule has 7 nitrogen and oxygen atoms in total. The molecule has 0 aliphatic carbocycles. The van der Waals surface area contributed by atoms with E-state index in [1.807, 2.05) is 31.2 Å². The number of rotatable bonds is 2. The van der Waals surface area contributed by atoms with Crippen molar-refractivity contribution in [1.29, 1.82) is 0 Å². The zero-order chi connectivity index (χ0) is 16.7. The fourth-order valence-corrected chi connectivity index (χ4v) is 3.16. The second-order valence-electron chi connectivity index (χ2n) is 6.16. The Balaban J connectivity index is 1.60. The van der Waals surface area contributed by atoms with Crippen molar-refractivity contribution >= 4 is 22.5 Å². The molecule has 7 heteroatoms. The number of fused-ring (bicyclic) bond motifs is 2. The molecule has 2 aromatic heterocycles. The van der Waals surface area contributed by atoms with Crippen LogP contribution < -0.4 is 11.0 Å². The van der Waals surface area contributed by atoms with Crippen LogP contribution in [0.5, 0.6) is 0 Å². The maximum Gasteiger partial charge on any atom is 0.343 e. The van der Waals surface area contributed by atoms with E-state index in [0.717, 1.165) is 16.3 Å². The first-order chi connectivity index (χ1) is 11.6. The van der Waals surface area contributed by atoms with Crippen LogP contribution in [0, 0.1) is 12.8 Å². The SMILES string of the molecule is Cc1ccc2ccnc(NC(=O)C3CCc4n[nH]c(=O)n4C3)c2c1. The maximum atomic E-state index is 12.6. The topological polar surface area (TPSA) is 92.7 Å². The lowest BCUT2D eigenvalue weighted by Crippen LogP contribution is -2.35. The van der Waals surface area contributed by atoms with Gasteiger partial charge in [-0.15, -0.1) is 0 Å². The third kappa shape index (κ3) is 2.47. The number of hydrogen-bond acceptors (Lipinski definition) is 4. The maximum absolute atomic E-state index is 12.6. The predicted molar refractivity (Wildman–Crippen MR) is 89.8 cm³/mol. The quantitative estimate of drug-likeness (QED) is 0.749. The molecule has 1 unspecified atom stereocenters. The van der Waals surface area contributed by atoms with E-state index in [9.17, 15) is 9.59 Å². The summed E-state index contributed by atoms with van der Waals surface area (Å²) < 4.78 is 1.54. The van der Waals surface area contributed by atoms with E-state index in [4.69, 9.17) is 0 Å². The minimum absolute atomic E-state index is 0.116. The fraction of sp³-hybridized carbons (Fsp3) is 0.294. The number of nitrogens with zero attached hydrogens (tertiary/aromatic N) is 3. The number of benzene rings is 1. The highest BCUT2D eigenvalue weighted by atomic mass is 16.2. The summed E-state index contributed by atoms with van der Waals surface area (Å²) in [6.45, 7) is 2.35. The standard InChI is InChI=1S/C17H17N5O2/c1-10-2-3-11-6-7-18-15(13(11)8-10)19-16(23)12-4-5-14-20-21-17(24)22(14)9-12/h2-3,6-8,12H,4-5,9H2,1H3,(H,21,24)(H,18,19,23). The number of nitrogens with one attached hydrogen (secondary N) is 2. The fourth-order valence-electron chi connectivity index (χ4n) is 3.16. The minimum atomic E-state index is -0.269. The van der Waals surface area contributed by atoms with E-state index in [0.29, 0.717) is 31.0 Å². The molecule has 0 fully saturated rings. The highest BCUT2D eigenvalue weighted by molar-refractivity contribution is 6.01. The van der Waals surface area contributed by atoms with Gasteiger partial charge in [0.25, 0.3) is 0 Å². The Morgan fingerprint density at radius 3 is 3.12 bits per heavy atom. The van der Waals surface area contributed by atoms with Gasteiger partial charge in [-0.2, -0.15) is 5.10 Å². The number of aromatic nitrogens is 4. The number of aryl methyl sites for hydroxylation is 2. The van der Waals surface area contributed by atoms with Crippen molar-refractivity contribution in [3.8, 4) is 0 Å². The van der Waals surface area contributed by atoms with Crippen molar-refractivity contribution in [3.05, 3.63) is 52.3 Å². The molecule has 0 spiro atoms. The van der Waals surface area contributed by atoms with Gasteiger partial charge in [0.2, 0.25) is 5.91 Å². The first-order valence-corrected chi connectivity index (χ1v) is 7.92. The van der Waals surface area contributed by atoms with E-state index < -0.39 is 0 Å². The molecule has 1 amide bonds. The molecule has 24 heavy (non-hydrogen) atoms. The Kier molecular flexibility index (Phi) is 3.41. The summed E-state index contributed by atoms with van der Waals surface area (Å²) in [4.78, 5) is 28.7. The average molecular weight is 323 g/mol. The highest BCUT2D eigenvalue weighted by Gasteiger charge is 2.27. The van der Waals surface area contributed by atoms with Gasteiger partial charge in [0.1, 0.15) is 11.6 Å². The largest absolute Gasteiger partial charge is 0.343 e. The van der Waals surface area contributed by atoms with Crippen LogP contribution >= 0.6 is 0 Å². The number of H-pyrrole nitrogens is 1. The smallest absolute Gasteiger partial charge is 0.310 e. The van der Waals surface area contributed by atoms with Gasteiger partial charge in [-0.3, -0.25) is 9.36 Å². The van der Waals surface area contributed by atoms with Gasteiger partial charge in [-0.05, 0) is 30.9 Å². The number of aromatic amines is 1. The van der Waals surface area contributed by atoms with E-state index in [2.05, 4.69) is 20.5 Å². The molecule has 3 heterocycles. The van der Waals surface area contributed by atoms with Crippen LogP contribution in [0.1, 0.15) is 17.8 Å². The van der Waals surface area contributed by atoms with Crippen molar-refractivity contribution < 1.29 is 4.79 Å². The molecule has 0 bridgehead atoms. The van der Waals surface area contributed by atoms with Gasteiger partial charge in [-0.1, -0.05) is 17.7 Å². The number of carbonyl (C=O) groups excluding carboxylic acids is 1. The molecular weight excluding hydrogens is 306 g/mol. The van der Waals surface area contributed by atoms with E-state index in [1.54, 1.807) is 6.20 Å². The Bertz CT molecular complexity index is 988. The van der Waals surface area contributed by atoms with E-state index in [-0.39, 0.29) is 17.5 Å². The number of pyridine rings is 1. The first-order valence-electron chi connectivity index (χ1n) is 7.92. The molecule has 1 atom stereocenters. The molecule has 0 radical (unpaired) electrons. The average Bonchev–Trinajstić information content (AvgIpc) is 2.96. The summed E-state index contributed by atoms with van der Waals surface area (Å²) in [5, 5.41) is 11.3. The third-order valence-electron chi connectivity index (χ3n) is 4.49. The number of carbonyl (C=O) groups is 1. The molecule has 122 valence electrons. The van der Waals surface area contributed by atoms with Gasteiger partial charge in [0, 0.05) is 24.5 Å². The lowest BCUT2D eigenvalue weighted by Gasteiger charge is -2.21. The highest BCUT2D eigenvalue weighted by Crippen LogP contribution is 2.24. The summed E-state index contributed by atoms with van der Waals surface area (Å²) in [5.74, 6) is 0.888. The Morgan fingerprint density at radius 1 is 1.38 bits per heavy atom. The molecule has 0 saturated carbocycles. The molecule has 3 aromatic rings. The molecule has 1 aliphatic heterocycles. The Hall–Kier alpha value is -2.96. The molecule has 2 N–H and O–H groups in total. The van der Waals surface area contributed by atoms with Crippen LogP contribution in [-0.4, -0.2) is 25.7 Å². The summed E-state index contributed by atoms with van der Waals surface area (Å²) >= 11 is 0. The Labute approximate surface area is 137 Å². The monoisotopic (exact) mass is 323 g/mol. The van der Waals surface area contributed by atoms with E-state index >= 15 is 0 Å². The van der Waals surface area contributed by atoms with Gasteiger partial charge < -0.3 is 5.32 Å². The molecule has 4 rings (SSSR count). The third-order valence-corrected chi connectivity index (χ3v) is 4.49. The number of amides is 1. The summed E-state index contributed by atoms with van der Waals surface area (Å²) in [5.41, 5.74) is 0.847. The van der Waals surface area contributed by atoms with Crippen LogP contribution in [0.3, 0.4) is 0 Å². The molecule has 1 aliphatic rings. The van der Waals surface area contributed by atoms with Gasteiger partial charge >= 0.3 is 5.69 Å². The zero-order valence-electron chi connectivity index (χ0n) is 13.2. The van der Waals surface area contributed by atoms with Crippen molar-refractivity contribution in [2.24, 2.45) is 5.92 Å². The summed E-state index contributed by atoms with van der Waals surface area (Å²) in [6, 6.07) is 7.97. The van der Waals surface area contributed by atoms with Gasteiger partial charge in [0.15, 0.2) is 0 Å². The molecule has 1 aromatic carbocycles. The van der Waals surface area contributed by atoms with E-state index in [1.165, 1.54) is 4.57 Å². The molecule has 0 saturated heterocycles. The molecular formula is C17H17N5O2. The lowest BCUT2D eigenvalue weighted by atomic mass is 9.98. The van der Waals surface area contributed by atoms with Gasteiger partial charge in [-0.25, -0.2) is 14.9 Å². The van der Waals surface area contributed by atoms with Crippen LogP contribution in [-0.2, 0) is 17.8 Å². The second kappa shape index (κ2) is 5.59. The van der Waals surface area contributed by atoms with Crippen LogP contribution in [0.15, 0.2) is 35.3 Å². The predicted octanol–water partition coefficient (Wildman–Crippen LogP) is 1.63.